The summed E-state index contributed by atoms with van der Waals surface area (Å²) >= 11 is 0. The zero-order chi connectivity index (χ0) is 11.7. The van der Waals surface area contributed by atoms with Crippen LogP contribution < -0.4 is 0 Å². The van der Waals surface area contributed by atoms with E-state index in [2.05, 4.69) is 21.7 Å². The molecule has 2 heterocycles. The zero-order valence-corrected chi connectivity index (χ0v) is 9.69. The lowest BCUT2D eigenvalue weighted by Crippen LogP contribution is -2.03. The molecule has 3 nitrogen and oxygen atoms in total. The van der Waals surface area contributed by atoms with Gasteiger partial charge in [-0.2, -0.15) is 0 Å². The SMILES string of the molecule is Cc1cc(-n2c(C)ccc2C)ncc1C=O. The first-order valence-electron chi connectivity index (χ1n) is 5.20. The maximum atomic E-state index is 10.7. The number of aryl methyl sites for hydroxylation is 3. The van der Waals surface area contributed by atoms with Crippen LogP contribution in [-0.4, -0.2) is 15.8 Å². The summed E-state index contributed by atoms with van der Waals surface area (Å²) < 4.78 is 2.07. The summed E-state index contributed by atoms with van der Waals surface area (Å²) in [5, 5.41) is 0. The number of hydrogen-bond donors (Lipinski definition) is 0. The Morgan fingerprint density at radius 1 is 1.19 bits per heavy atom. The van der Waals surface area contributed by atoms with Gasteiger partial charge in [-0.3, -0.25) is 4.79 Å². The molecule has 2 aromatic heterocycles. The lowest BCUT2D eigenvalue weighted by Gasteiger charge is -2.09. The second-order valence-corrected chi connectivity index (χ2v) is 3.97. The molecule has 3 heteroatoms. The van der Waals surface area contributed by atoms with Crippen LogP contribution in [-0.2, 0) is 0 Å². The molecule has 0 aromatic carbocycles. The summed E-state index contributed by atoms with van der Waals surface area (Å²) in [6.45, 7) is 6.00. The molecule has 0 fully saturated rings. The smallest absolute Gasteiger partial charge is 0.151 e. The molecular weight excluding hydrogens is 200 g/mol. The Labute approximate surface area is 94.7 Å². The van der Waals surface area contributed by atoms with Crippen molar-refractivity contribution in [2.24, 2.45) is 0 Å². The third-order valence-corrected chi connectivity index (χ3v) is 2.76. The molecule has 0 amide bonds. The number of aldehydes is 1. The fraction of sp³-hybridized carbons (Fsp3) is 0.231. The van der Waals surface area contributed by atoms with Crippen LogP contribution in [0.2, 0.25) is 0 Å². The van der Waals surface area contributed by atoms with Gasteiger partial charge in [-0.1, -0.05) is 0 Å². The summed E-state index contributed by atoms with van der Waals surface area (Å²) in [5.74, 6) is 0.864. The minimum absolute atomic E-state index is 0.645. The highest BCUT2D eigenvalue weighted by Gasteiger charge is 2.06. The minimum Gasteiger partial charge on any atom is -0.303 e. The average molecular weight is 214 g/mol. The van der Waals surface area contributed by atoms with Crippen molar-refractivity contribution in [2.45, 2.75) is 20.8 Å². The van der Waals surface area contributed by atoms with Crippen molar-refractivity contribution >= 4 is 6.29 Å². The maximum Gasteiger partial charge on any atom is 0.151 e. The van der Waals surface area contributed by atoms with Crippen LogP contribution in [0.4, 0.5) is 0 Å². The molecule has 0 unspecified atom stereocenters. The van der Waals surface area contributed by atoms with Crippen molar-refractivity contribution in [3.63, 3.8) is 0 Å². The summed E-state index contributed by atoms with van der Waals surface area (Å²) in [6, 6.07) is 6.05. The summed E-state index contributed by atoms with van der Waals surface area (Å²) in [4.78, 5) is 15.0. The topological polar surface area (TPSA) is 34.9 Å². The van der Waals surface area contributed by atoms with Crippen molar-refractivity contribution in [3.8, 4) is 5.82 Å². The molecule has 0 saturated heterocycles. The highest BCUT2D eigenvalue weighted by Crippen LogP contribution is 2.16. The van der Waals surface area contributed by atoms with Gasteiger partial charge >= 0.3 is 0 Å². The van der Waals surface area contributed by atoms with Crippen molar-refractivity contribution in [1.29, 1.82) is 0 Å². The Morgan fingerprint density at radius 3 is 2.31 bits per heavy atom. The number of hydrogen-bond acceptors (Lipinski definition) is 2. The van der Waals surface area contributed by atoms with Gasteiger partial charge in [0.2, 0.25) is 0 Å². The van der Waals surface area contributed by atoms with Gasteiger partial charge in [0.1, 0.15) is 5.82 Å². The molecule has 0 radical (unpaired) electrons. The van der Waals surface area contributed by atoms with E-state index < -0.39 is 0 Å². The molecule has 0 saturated carbocycles. The highest BCUT2D eigenvalue weighted by molar-refractivity contribution is 5.76. The van der Waals surface area contributed by atoms with E-state index in [9.17, 15) is 4.79 Å². The fourth-order valence-electron chi connectivity index (χ4n) is 1.83. The molecule has 0 bridgehead atoms. The Balaban J connectivity index is 2.57. The normalized spacial score (nSPS) is 10.4. The molecule has 0 spiro atoms. The minimum atomic E-state index is 0.645. The van der Waals surface area contributed by atoms with E-state index in [-0.39, 0.29) is 0 Å². The Kier molecular flexibility index (Phi) is 2.60. The van der Waals surface area contributed by atoms with Gasteiger partial charge in [-0.05, 0) is 44.5 Å². The molecule has 0 atom stereocenters. The van der Waals surface area contributed by atoms with Gasteiger partial charge in [0.25, 0.3) is 0 Å². The second-order valence-electron chi connectivity index (χ2n) is 3.97. The van der Waals surface area contributed by atoms with Crippen molar-refractivity contribution in [1.82, 2.24) is 9.55 Å². The van der Waals surface area contributed by atoms with Gasteiger partial charge in [0, 0.05) is 23.1 Å². The van der Waals surface area contributed by atoms with Gasteiger partial charge in [-0.15, -0.1) is 0 Å². The van der Waals surface area contributed by atoms with Gasteiger partial charge < -0.3 is 4.57 Å². The standard InChI is InChI=1S/C13H14N2O/c1-9-6-13(14-7-12(9)8-16)15-10(2)4-5-11(15)3/h4-8H,1-3H3. The Bertz CT molecular complexity index is 521. The first-order valence-corrected chi connectivity index (χ1v) is 5.20. The van der Waals surface area contributed by atoms with E-state index in [0.717, 1.165) is 29.1 Å². The van der Waals surface area contributed by atoms with Crippen LogP contribution in [0, 0.1) is 20.8 Å². The zero-order valence-electron chi connectivity index (χ0n) is 9.69. The third-order valence-electron chi connectivity index (χ3n) is 2.76. The van der Waals surface area contributed by atoms with E-state index in [1.165, 1.54) is 0 Å². The molecule has 0 aliphatic heterocycles. The summed E-state index contributed by atoms with van der Waals surface area (Å²) in [6.07, 6.45) is 2.46. The fourth-order valence-corrected chi connectivity index (χ4v) is 1.83. The molecule has 0 N–H and O–H groups in total. The largest absolute Gasteiger partial charge is 0.303 e. The lowest BCUT2D eigenvalue weighted by atomic mass is 10.2. The first-order chi connectivity index (χ1) is 7.63. The highest BCUT2D eigenvalue weighted by atomic mass is 16.1. The number of pyridine rings is 1. The van der Waals surface area contributed by atoms with E-state index in [0.29, 0.717) is 5.56 Å². The van der Waals surface area contributed by atoms with Crippen LogP contribution in [0.1, 0.15) is 27.3 Å². The van der Waals surface area contributed by atoms with E-state index in [4.69, 9.17) is 0 Å². The number of carbonyl (C=O) groups excluding carboxylic acids is 1. The summed E-state index contributed by atoms with van der Waals surface area (Å²) in [5.41, 5.74) is 3.88. The Morgan fingerprint density at radius 2 is 1.81 bits per heavy atom. The van der Waals surface area contributed by atoms with E-state index in [1.807, 2.05) is 26.8 Å². The molecule has 0 aliphatic carbocycles. The lowest BCUT2D eigenvalue weighted by molar-refractivity contribution is 0.112. The molecule has 0 aliphatic rings. The monoisotopic (exact) mass is 214 g/mol. The predicted molar refractivity (Wildman–Crippen MR) is 63.2 cm³/mol. The van der Waals surface area contributed by atoms with Crippen LogP contribution in [0.15, 0.2) is 24.4 Å². The van der Waals surface area contributed by atoms with Crippen molar-refractivity contribution in [3.05, 3.63) is 46.9 Å². The summed E-state index contributed by atoms with van der Waals surface area (Å²) in [7, 11) is 0. The molecule has 2 rings (SSSR count). The average Bonchev–Trinajstić information content (AvgIpc) is 2.58. The van der Waals surface area contributed by atoms with Gasteiger partial charge in [-0.25, -0.2) is 4.98 Å². The number of nitrogens with zero attached hydrogens (tertiary/aromatic N) is 2. The predicted octanol–water partition coefficient (Wildman–Crippen LogP) is 2.61. The van der Waals surface area contributed by atoms with E-state index >= 15 is 0 Å². The van der Waals surface area contributed by atoms with Crippen molar-refractivity contribution in [2.75, 3.05) is 0 Å². The second kappa shape index (κ2) is 3.93. The number of carbonyl (C=O) groups is 1. The third kappa shape index (κ3) is 1.65. The molecule has 16 heavy (non-hydrogen) atoms. The van der Waals surface area contributed by atoms with Crippen LogP contribution in [0.5, 0.6) is 0 Å². The Hall–Kier alpha value is -1.90. The van der Waals surface area contributed by atoms with Crippen LogP contribution >= 0.6 is 0 Å². The first kappa shape index (κ1) is 10.6. The number of aromatic nitrogens is 2. The van der Waals surface area contributed by atoms with Crippen molar-refractivity contribution < 1.29 is 4.79 Å². The van der Waals surface area contributed by atoms with Gasteiger partial charge in [0.05, 0.1) is 0 Å². The van der Waals surface area contributed by atoms with Gasteiger partial charge in [0.15, 0.2) is 6.29 Å². The number of rotatable bonds is 2. The maximum absolute atomic E-state index is 10.7. The van der Waals surface area contributed by atoms with Crippen LogP contribution in [0.3, 0.4) is 0 Å². The molecule has 82 valence electrons. The quantitative estimate of drug-likeness (QED) is 0.720. The van der Waals surface area contributed by atoms with E-state index in [1.54, 1.807) is 6.20 Å². The van der Waals surface area contributed by atoms with Crippen LogP contribution in [0.25, 0.3) is 5.82 Å². The molecule has 2 aromatic rings. The molecular formula is C13H14N2O.